The first-order chi connectivity index (χ1) is 24.2. The van der Waals surface area contributed by atoms with E-state index >= 15 is 0 Å². The zero-order valence-corrected chi connectivity index (χ0v) is 31.0. The SMILES string of the molecule is CC(=O)N1CCCC2NC(=O)[C@H]3CCCN(C(C)=O)[O][Ga]([O]1)[O]N(C(C)=O)CCC[C@H](NC2=O)C(=O)NCC(=O)N[C@@H](CO)C(=O)NCC(=O)N3. The second-order valence-electron chi connectivity index (χ2n) is 11.9. The van der Waals surface area contributed by atoms with Gasteiger partial charge in [0.2, 0.25) is 0 Å². The summed E-state index contributed by atoms with van der Waals surface area (Å²) in [6.07, 6.45) is -0.267. The summed E-state index contributed by atoms with van der Waals surface area (Å²) in [6.45, 7) is 0.893. The van der Waals surface area contributed by atoms with E-state index in [0.717, 1.165) is 15.2 Å². The molecule has 0 radical (unpaired) electrons. The standard InChI is InChI=1S/C28H44N9O13.Ga/c1-16(39)35(48)10-4-7-19-25(44)29-14-24(43)32-22(15-38)26(45)30-13-23(42)31-20(8-5-11-36(49)17(2)40)27(46)34-21(28(47)33-19)9-6-12-37(50)18(3)41;/h19-22,38H,4-15H2,1-3H3,(H,29,44)(H,30,45)(H,31,42)(H,32,43)(H,33,47)(H,34,46);/q-3;+3/t19-,20+,21?,22-;/m0./s1. The van der Waals surface area contributed by atoms with E-state index in [0.29, 0.717) is 0 Å². The first-order valence-electron chi connectivity index (χ1n) is 16.4. The van der Waals surface area contributed by atoms with Crippen molar-refractivity contribution < 1.29 is 59.1 Å². The number of hydrogen-bond donors (Lipinski definition) is 7. The topological polar surface area (TPSA) is 283 Å². The van der Waals surface area contributed by atoms with Gasteiger partial charge < -0.3 is 5.11 Å². The van der Waals surface area contributed by atoms with Crippen molar-refractivity contribution in [1.82, 2.24) is 47.1 Å². The molecule has 3 rings (SSSR count). The Balaban J connectivity index is 2.13. The molecule has 282 valence electrons. The van der Waals surface area contributed by atoms with E-state index in [-0.39, 0.29) is 58.2 Å². The van der Waals surface area contributed by atoms with Crippen LogP contribution in [0.1, 0.15) is 59.3 Å². The number of aliphatic hydroxyl groups excluding tert-OH is 1. The second kappa shape index (κ2) is 19.9. The Labute approximate surface area is 299 Å². The number of amides is 9. The molecule has 51 heavy (non-hydrogen) atoms. The van der Waals surface area contributed by atoms with Gasteiger partial charge in [0.05, 0.1) is 6.61 Å². The predicted octanol–water partition coefficient (Wildman–Crippen LogP) is -5.14. The van der Waals surface area contributed by atoms with E-state index < -0.39 is 114 Å². The molecular weight excluding hydrogens is 740 g/mol. The van der Waals surface area contributed by atoms with Crippen molar-refractivity contribution in [1.29, 1.82) is 0 Å². The van der Waals surface area contributed by atoms with Gasteiger partial charge in [-0.15, -0.1) is 0 Å². The van der Waals surface area contributed by atoms with Gasteiger partial charge in [0, 0.05) is 0 Å². The predicted molar refractivity (Wildman–Crippen MR) is 170 cm³/mol. The van der Waals surface area contributed by atoms with E-state index in [1.165, 1.54) is 20.8 Å². The molecule has 4 bridgehead atoms. The van der Waals surface area contributed by atoms with Crippen molar-refractivity contribution in [3.8, 4) is 0 Å². The van der Waals surface area contributed by atoms with Gasteiger partial charge in [-0.1, -0.05) is 0 Å². The van der Waals surface area contributed by atoms with Crippen LogP contribution in [0.5, 0.6) is 0 Å². The first kappa shape index (κ1) is 41.1. The van der Waals surface area contributed by atoms with Crippen LogP contribution in [0.2, 0.25) is 0 Å². The Bertz CT molecular complexity index is 1350. The van der Waals surface area contributed by atoms with Gasteiger partial charge in [-0.2, -0.15) is 0 Å². The average Bonchev–Trinajstić information content (AvgIpc) is 3.07. The fraction of sp³-hybridized carbons (Fsp3) is 0.679. The molecule has 0 saturated carbocycles. The molecule has 3 saturated heterocycles. The van der Waals surface area contributed by atoms with Crippen molar-refractivity contribution in [3.05, 3.63) is 0 Å². The number of carbonyl (C=O) groups excluding carboxylic acids is 9. The molecule has 23 heteroatoms. The summed E-state index contributed by atoms with van der Waals surface area (Å²) in [5, 5.41) is 26.9. The minimum atomic E-state index is -4.28. The number of rotatable bonds is 1. The summed E-state index contributed by atoms with van der Waals surface area (Å²) in [5.41, 5.74) is 0. The number of nitrogens with one attached hydrogen (secondary N) is 6. The molecule has 1 unspecified atom stereocenters. The molecule has 0 spiro atoms. The van der Waals surface area contributed by atoms with Crippen molar-refractivity contribution in [3.63, 3.8) is 0 Å². The number of nitrogens with zero attached hydrogens (tertiary/aromatic N) is 3. The van der Waals surface area contributed by atoms with E-state index in [1.807, 2.05) is 0 Å². The quantitative estimate of drug-likeness (QED) is 0.123. The van der Waals surface area contributed by atoms with E-state index in [1.54, 1.807) is 0 Å². The minimum absolute atomic E-state index is 0.0177. The normalized spacial score (nSPS) is 25.9. The zero-order valence-electron chi connectivity index (χ0n) is 28.6. The third-order valence-corrected chi connectivity index (χ3v) is 10.5. The molecule has 0 aliphatic carbocycles. The Morgan fingerprint density at radius 1 is 0.608 bits per heavy atom. The van der Waals surface area contributed by atoms with Crippen LogP contribution in [-0.4, -0.2) is 154 Å². The van der Waals surface area contributed by atoms with Crippen molar-refractivity contribution in [2.45, 2.75) is 83.5 Å². The summed E-state index contributed by atoms with van der Waals surface area (Å²) in [6, 6.07) is -5.44. The molecule has 9 amide bonds. The molecule has 3 aliphatic heterocycles. The van der Waals surface area contributed by atoms with Crippen LogP contribution in [0.4, 0.5) is 0 Å². The number of hydroxylamine groups is 6. The molecule has 3 heterocycles. The Hall–Kier alpha value is -4.29. The Morgan fingerprint density at radius 2 is 0.980 bits per heavy atom. The van der Waals surface area contributed by atoms with Crippen LogP contribution in [0.25, 0.3) is 0 Å². The van der Waals surface area contributed by atoms with Gasteiger partial charge in [0.25, 0.3) is 0 Å². The van der Waals surface area contributed by atoms with Gasteiger partial charge >= 0.3 is 288 Å². The first-order valence-corrected chi connectivity index (χ1v) is 19.4. The zero-order chi connectivity index (χ0) is 37.7. The molecule has 3 fully saturated rings. The van der Waals surface area contributed by atoms with Gasteiger partial charge in [-0.25, -0.2) is 0 Å². The van der Waals surface area contributed by atoms with Crippen LogP contribution in [0, 0.1) is 0 Å². The fourth-order valence-electron chi connectivity index (χ4n) is 5.16. The summed E-state index contributed by atoms with van der Waals surface area (Å²) in [5.74, 6) is -6.85. The number of aliphatic hydroxyl groups is 1. The summed E-state index contributed by atoms with van der Waals surface area (Å²) in [7, 11) is 0. The van der Waals surface area contributed by atoms with Gasteiger partial charge in [0.15, 0.2) is 0 Å². The monoisotopic (exact) mass is 783 g/mol. The number of carbonyl (C=O) groups is 9. The maximum absolute atomic E-state index is 13.7. The number of fused-ring (bicyclic) bond motifs is 9. The van der Waals surface area contributed by atoms with E-state index in [4.69, 9.17) is 10.9 Å². The van der Waals surface area contributed by atoms with Crippen LogP contribution in [-0.2, 0) is 54.0 Å². The summed E-state index contributed by atoms with van der Waals surface area (Å²) >= 11 is -4.28. The second-order valence-corrected chi connectivity index (χ2v) is 14.4. The van der Waals surface area contributed by atoms with Crippen molar-refractivity contribution >= 4 is 70.5 Å². The summed E-state index contributed by atoms with van der Waals surface area (Å²) in [4.78, 5) is 117. The van der Waals surface area contributed by atoms with E-state index in [2.05, 4.69) is 31.9 Å². The molecule has 0 aromatic rings. The van der Waals surface area contributed by atoms with Gasteiger partial charge in [-0.3, -0.25) is 0 Å². The Morgan fingerprint density at radius 3 is 1.39 bits per heavy atom. The molecule has 0 aromatic carbocycles. The van der Waals surface area contributed by atoms with Gasteiger partial charge in [0.1, 0.15) is 0 Å². The third kappa shape index (κ3) is 13.1. The Kier molecular flexibility index (Phi) is 16.1. The molecule has 3 aliphatic rings. The average molecular weight is 784 g/mol. The molecule has 7 N–H and O–H groups in total. The van der Waals surface area contributed by atoms with Crippen LogP contribution in [0.15, 0.2) is 0 Å². The van der Waals surface area contributed by atoms with Crippen LogP contribution < -0.4 is 31.9 Å². The van der Waals surface area contributed by atoms with E-state index in [9.17, 15) is 48.3 Å². The molecule has 0 aromatic heterocycles. The fourth-order valence-corrected chi connectivity index (χ4v) is 8.30. The molecular formula is C28H44GaN9O13. The maximum atomic E-state index is 13.7. The summed E-state index contributed by atoms with van der Waals surface area (Å²) < 4.78 is 17.6. The van der Waals surface area contributed by atoms with Crippen molar-refractivity contribution in [2.24, 2.45) is 0 Å². The number of hydrogen-bond acceptors (Lipinski definition) is 13. The third-order valence-electron chi connectivity index (χ3n) is 7.85. The van der Waals surface area contributed by atoms with Crippen molar-refractivity contribution in [2.75, 3.05) is 39.3 Å². The van der Waals surface area contributed by atoms with Crippen LogP contribution in [0.3, 0.4) is 0 Å². The van der Waals surface area contributed by atoms with Crippen LogP contribution >= 0.6 is 0 Å². The van der Waals surface area contributed by atoms with Gasteiger partial charge in [-0.05, 0) is 0 Å². The molecule has 22 nitrogen and oxygen atoms in total. The molecule has 4 atom stereocenters.